The Morgan fingerprint density at radius 2 is 2.30 bits per heavy atom. The number of hydrogen-bond acceptors (Lipinski definition) is 3. The SMILES string of the molecule is CC(C)CNCc1cc(F)ccc1OCC1CCOC1. The molecule has 1 heterocycles. The van der Waals surface area contributed by atoms with Gasteiger partial charge in [-0.2, -0.15) is 0 Å². The molecular weight excluding hydrogens is 257 g/mol. The molecule has 0 aromatic heterocycles. The third kappa shape index (κ3) is 4.76. The fourth-order valence-corrected chi connectivity index (χ4v) is 2.24. The first-order chi connectivity index (χ1) is 9.65. The van der Waals surface area contributed by atoms with Crippen LogP contribution in [0.4, 0.5) is 4.39 Å². The van der Waals surface area contributed by atoms with E-state index in [-0.39, 0.29) is 5.82 Å². The van der Waals surface area contributed by atoms with Crippen LogP contribution >= 0.6 is 0 Å². The molecule has 1 aliphatic heterocycles. The monoisotopic (exact) mass is 281 g/mol. The zero-order valence-corrected chi connectivity index (χ0v) is 12.3. The molecule has 1 aliphatic rings. The molecule has 3 nitrogen and oxygen atoms in total. The van der Waals surface area contributed by atoms with Gasteiger partial charge in [0, 0.05) is 24.6 Å². The van der Waals surface area contributed by atoms with E-state index in [1.807, 2.05) is 0 Å². The molecule has 20 heavy (non-hydrogen) atoms. The minimum atomic E-state index is -0.220. The van der Waals surface area contributed by atoms with Crippen molar-refractivity contribution in [2.75, 3.05) is 26.4 Å². The van der Waals surface area contributed by atoms with Crippen LogP contribution < -0.4 is 10.1 Å². The van der Waals surface area contributed by atoms with Crippen molar-refractivity contribution >= 4 is 0 Å². The quantitative estimate of drug-likeness (QED) is 0.833. The highest BCUT2D eigenvalue weighted by atomic mass is 19.1. The highest BCUT2D eigenvalue weighted by molar-refractivity contribution is 5.34. The first-order valence-electron chi connectivity index (χ1n) is 7.35. The maximum Gasteiger partial charge on any atom is 0.123 e. The molecule has 0 bridgehead atoms. The Labute approximate surface area is 120 Å². The zero-order chi connectivity index (χ0) is 14.4. The third-order valence-electron chi connectivity index (χ3n) is 3.39. The summed E-state index contributed by atoms with van der Waals surface area (Å²) in [5.74, 6) is 1.58. The minimum absolute atomic E-state index is 0.220. The molecule has 0 radical (unpaired) electrons. The summed E-state index contributed by atoms with van der Waals surface area (Å²) in [7, 11) is 0. The van der Waals surface area contributed by atoms with Crippen molar-refractivity contribution in [3.05, 3.63) is 29.6 Å². The van der Waals surface area contributed by atoms with Gasteiger partial charge < -0.3 is 14.8 Å². The summed E-state index contributed by atoms with van der Waals surface area (Å²) < 4.78 is 24.6. The third-order valence-corrected chi connectivity index (χ3v) is 3.39. The van der Waals surface area contributed by atoms with Crippen LogP contribution in [0.2, 0.25) is 0 Å². The van der Waals surface area contributed by atoms with Crippen molar-refractivity contribution in [3.8, 4) is 5.75 Å². The second-order valence-corrected chi connectivity index (χ2v) is 5.82. The highest BCUT2D eigenvalue weighted by Crippen LogP contribution is 2.22. The first-order valence-corrected chi connectivity index (χ1v) is 7.35. The Morgan fingerprint density at radius 3 is 3.00 bits per heavy atom. The molecule has 0 saturated carbocycles. The smallest absolute Gasteiger partial charge is 0.123 e. The van der Waals surface area contributed by atoms with E-state index in [9.17, 15) is 4.39 Å². The van der Waals surface area contributed by atoms with Gasteiger partial charge in [0.15, 0.2) is 0 Å². The van der Waals surface area contributed by atoms with Crippen LogP contribution in [0.15, 0.2) is 18.2 Å². The van der Waals surface area contributed by atoms with Crippen molar-refractivity contribution in [1.82, 2.24) is 5.32 Å². The van der Waals surface area contributed by atoms with E-state index < -0.39 is 0 Å². The molecular formula is C16H24FNO2. The van der Waals surface area contributed by atoms with Gasteiger partial charge in [-0.15, -0.1) is 0 Å². The van der Waals surface area contributed by atoms with Crippen molar-refractivity contribution in [1.29, 1.82) is 0 Å². The second kappa shape index (κ2) is 7.60. The van der Waals surface area contributed by atoms with Crippen LogP contribution in [-0.4, -0.2) is 26.4 Å². The molecule has 0 aliphatic carbocycles. The number of nitrogens with one attached hydrogen (secondary N) is 1. The number of ether oxygens (including phenoxy) is 2. The molecule has 2 rings (SSSR count). The molecule has 4 heteroatoms. The van der Waals surface area contributed by atoms with Crippen molar-refractivity contribution in [3.63, 3.8) is 0 Å². The number of hydrogen-bond donors (Lipinski definition) is 1. The summed E-state index contributed by atoms with van der Waals surface area (Å²) in [6.07, 6.45) is 1.04. The van der Waals surface area contributed by atoms with Crippen molar-refractivity contribution in [2.45, 2.75) is 26.8 Å². The Balaban J connectivity index is 1.91. The van der Waals surface area contributed by atoms with Crippen molar-refractivity contribution in [2.24, 2.45) is 11.8 Å². The highest BCUT2D eigenvalue weighted by Gasteiger charge is 2.17. The average Bonchev–Trinajstić information content (AvgIpc) is 2.90. The Bertz CT molecular complexity index is 417. The van der Waals surface area contributed by atoms with Crippen LogP contribution in [0, 0.1) is 17.7 Å². The predicted octanol–water partition coefficient (Wildman–Crippen LogP) is 2.99. The minimum Gasteiger partial charge on any atom is -0.493 e. The average molecular weight is 281 g/mol. The van der Waals surface area contributed by atoms with Gasteiger partial charge in [-0.05, 0) is 37.1 Å². The van der Waals surface area contributed by atoms with E-state index in [2.05, 4.69) is 19.2 Å². The lowest BCUT2D eigenvalue weighted by Crippen LogP contribution is -2.20. The van der Waals surface area contributed by atoms with Gasteiger partial charge in [-0.3, -0.25) is 0 Å². The van der Waals surface area contributed by atoms with E-state index in [4.69, 9.17) is 9.47 Å². The largest absolute Gasteiger partial charge is 0.493 e. The Morgan fingerprint density at radius 1 is 1.45 bits per heavy atom. The van der Waals surface area contributed by atoms with Crippen LogP contribution in [0.1, 0.15) is 25.8 Å². The first kappa shape index (κ1) is 15.3. The molecule has 1 N–H and O–H groups in total. The fraction of sp³-hybridized carbons (Fsp3) is 0.625. The Kier molecular flexibility index (Phi) is 5.80. The van der Waals surface area contributed by atoms with Gasteiger partial charge in [0.25, 0.3) is 0 Å². The molecule has 1 saturated heterocycles. The Hall–Kier alpha value is -1.13. The molecule has 1 aromatic rings. The molecule has 112 valence electrons. The predicted molar refractivity (Wildman–Crippen MR) is 77.4 cm³/mol. The van der Waals surface area contributed by atoms with Gasteiger partial charge in [-0.25, -0.2) is 4.39 Å². The van der Waals surface area contributed by atoms with Gasteiger partial charge in [0.2, 0.25) is 0 Å². The summed E-state index contributed by atoms with van der Waals surface area (Å²) in [4.78, 5) is 0. The normalized spacial score (nSPS) is 18.7. The molecule has 1 fully saturated rings. The lowest BCUT2D eigenvalue weighted by Gasteiger charge is -2.15. The summed E-state index contributed by atoms with van der Waals surface area (Å²) >= 11 is 0. The van der Waals surface area contributed by atoms with E-state index >= 15 is 0 Å². The number of benzene rings is 1. The van der Waals surface area contributed by atoms with Crippen LogP contribution in [0.5, 0.6) is 5.75 Å². The van der Waals surface area contributed by atoms with E-state index in [1.165, 1.54) is 6.07 Å². The molecule has 1 aromatic carbocycles. The lowest BCUT2D eigenvalue weighted by atomic mass is 10.1. The van der Waals surface area contributed by atoms with Gasteiger partial charge in [0.1, 0.15) is 11.6 Å². The fourth-order valence-electron chi connectivity index (χ4n) is 2.24. The second-order valence-electron chi connectivity index (χ2n) is 5.82. The van der Waals surface area contributed by atoms with Gasteiger partial charge in [-0.1, -0.05) is 13.8 Å². The number of rotatable bonds is 7. The lowest BCUT2D eigenvalue weighted by molar-refractivity contribution is 0.166. The number of halogens is 1. The summed E-state index contributed by atoms with van der Waals surface area (Å²) in [6.45, 7) is 8.07. The topological polar surface area (TPSA) is 30.5 Å². The summed E-state index contributed by atoms with van der Waals surface area (Å²) in [5.41, 5.74) is 0.879. The van der Waals surface area contributed by atoms with Crippen molar-refractivity contribution < 1.29 is 13.9 Å². The van der Waals surface area contributed by atoms with Crippen LogP contribution in [0.3, 0.4) is 0 Å². The zero-order valence-electron chi connectivity index (χ0n) is 12.3. The van der Waals surface area contributed by atoms with E-state index in [0.29, 0.717) is 25.0 Å². The van der Waals surface area contributed by atoms with Gasteiger partial charge in [0.05, 0.1) is 13.2 Å². The maximum atomic E-state index is 13.4. The molecule has 0 spiro atoms. The van der Waals surface area contributed by atoms with Gasteiger partial charge >= 0.3 is 0 Å². The summed E-state index contributed by atoms with van der Waals surface area (Å²) in [6, 6.07) is 4.72. The molecule has 1 unspecified atom stereocenters. The standard InChI is InChI=1S/C16H24FNO2/c1-12(2)8-18-9-14-7-15(17)3-4-16(14)20-11-13-5-6-19-10-13/h3-4,7,12-13,18H,5-6,8-11H2,1-2H3. The van der Waals surface area contributed by atoms with Crippen LogP contribution in [-0.2, 0) is 11.3 Å². The molecule has 0 amide bonds. The molecule has 1 atom stereocenters. The summed E-state index contributed by atoms with van der Waals surface area (Å²) in [5, 5.41) is 3.33. The maximum absolute atomic E-state index is 13.4. The van der Waals surface area contributed by atoms with E-state index in [1.54, 1.807) is 12.1 Å². The van der Waals surface area contributed by atoms with E-state index in [0.717, 1.165) is 37.5 Å². The van der Waals surface area contributed by atoms with Crippen LogP contribution in [0.25, 0.3) is 0 Å².